The number of carbonyl (C=O) groups is 2. The SMILES string of the molecule is CSCC(C)C(=O)N1CCOCC1CC(=O)O. The predicted molar refractivity (Wildman–Crippen MR) is 66.1 cm³/mol. The molecule has 0 aliphatic carbocycles. The first-order valence-corrected chi connectivity index (χ1v) is 7.04. The van der Waals surface area contributed by atoms with Crippen molar-refractivity contribution in [1.82, 2.24) is 4.90 Å². The minimum Gasteiger partial charge on any atom is -0.481 e. The Hall–Kier alpha value is -0.750. The number of carboxylic acids is 1. The van der Waals surface area contributed by atoms with E-state index < -0.39 is 5.97 Å². The van der Waals surface area contributed by atoms with E-state index in [0.29, 0.717) is 19.8 Å². The van der Waals surface area contributed by atoms with Gasteiger partial charge in [-0.3, -0.25) is 9.59 Å². The lowest BCUT2D eigenvalue weighted by Crippen LogP contribution is -2.51. The molecule has 1 fully saturated rings. The number of morpholine rings is 1. The van der Waals surface area contributed by atoms with E-state index in [9.17, 15) is 9.59 Å². The second kappa shape index (κ2) is 6.86. The number of aliphatic carboxylic acids is 1. The number of thioether (sulfide) groups is 1. The monoisotopic (exact) mass is 261 g/mol. The van der Waals surface area contributed by atoms with E-state index in [1.807, 2.05) is 13.2 Å². The zero-order chi connectivity index (χ0) is 12.8. The van der Waals surface area contributed by atoms with Gasteiger partial charge in [0.05, 0.1) is 25.7 Å². The van der Waals surface area contributed by atoms with Crippen molar-refractivity contribution in [3.63, 3.8) is 0 Å². The summed E-state index contributed by atoms with van der Waals surface area (Å²) in [6, 6.07) is -0.321. The molecule has 0 bridgehead atoms. The van der Waals surface area contributed by atoms with Crippen molar-refractivity contribution in [3.8, 4) is 0 Å². The number of carbonyl (C=O) groups excluding carboxylic acids is 1. The third-order valence-corrected chi connectivity index (χ3v) is 3.59. The van der Waals surface area contributed by atoms with Gasteiger partial charge in [0.25, 0.3) is 0 Å². The van der Waals surface area contributed by atoms with Gasteiger partial charge in [-0.25, -0.2) is 0 Å². The van der Waals surface area contributed by atoms with Gasteiger partial charge in [0.15, 0.2) is 0 Å². The van der Waals surface area contributed by atoms with Crippen molar-refractivity contribution in [3.05, 3.63) is 0 Å². The molecular formula is C11H19NO4S. The summed E-state index contributed by atoms with van der Waals surface area (Å²) in [5, 5.41) is 8.81. The molecule has 2 atom stereocenters. The molecule has 0 aromatic carbocycles. The van der Waals surface area contributed by atoms with Gasteiger partial charge in [-0.2, -0.15) is 11.8 Å². The number of nitrogens with zero attached hydrogens (tertiary/aromatic N) is 1. The third kappa shape index (κ3) is 4.20. The maximum absolute atomic E-state index is 12.1. The number of carboxylic acid groups (broad SMARTS) is 1. The first-order chi connectivity index (χ1) is 8.06. The number of rotatable bonds is 5. The van der Waals surface area contributed by atoms with Crippen LogP contribution in [-0.4, -0.2) is 59.7 Å². The van der Waals surface area contributed by atoms with Crippen molar-refractivity contribution in [2.75, 3.05) is 31.8 Å². The van der Waals surface area contributed by atoms with E-state index >= 15 is 0 Å². The van der Waals surface area contributed by atoms with Gasteiger partial charge in [0.2, 0.25) is 5.91 Å². The van der Waals surface area contributed by atoms with Crippen molar-refractivity contribution in [2.45, 2.75) is 19.4 Å². The Balaban J connectivity index is 2.63. The van der Waals surface area contributed by atoms with Gasteiger partial charge >= 0.3 is 5.97 Å². The average molecular weight is 261 g/mol. The summed E-state index contributed by atoms with van der Waals surface area (Å²) in [5.41, 5.74) is 0. The number of hydrogen-bond donors (Lipinski definition) is 1. The molecule has 1 rings (SSSR count). The summed E-state index contributed by atoms with van der Waals surface area (Å²) in [7, 11) is 0. The van der Waals surface area contributed by atoms with E-state index in [-0.39, 0.29) is 24.3 Å². The predicted octanol–water partition coefficient (Wildman–Crippen LogP) is 0.688. The highest BCUT2D eigenvalue weighted by atomic mass is 32.2. The fraction of sp³-hybridized carbons (Fsp3) is 0.818. The fourth-order valence-corrected chi connectivity index (χ4v) is 2.56. The van der Waals surface area contributed by atoms with Gasteiger partial charge in [-0.1, -0.05) is 6.92 Å². The van der Waals surface area contributed by atoms with Crippen molar-refractivity contribution < 1.29 is 19.4 Å². The Morgan fingerprint density at radius 1 is 1.59 bits per heavy atom. The highest BCUT2D eigenvalue weighted by molar-refractivity contribution is 7.98. The van der Waals surface area contributed by atoms with Gasteiger partial charge < -0.3 is 14.7 Å². The largest absolute Gasteiger partial charge is 0.481 e. The molecule has 1 N–H and O–H groups in total. The zero-order valence-electron chi connectivity index (χ0n) is 10.2. The van der Waals surface area contributed by atoms with Gasteiger partial charge in [-0.05, 0) is 6.26 Å². The van der Waals surface area contributed by atoms with Crippen molar-refractivity contribution >= 4 is 23.6 Å². The Morgan fingerprint density at radius 2 is 2.29 bits per heavy atom. The summed E-state index contributed by atoms with van der Waals surface area (Å²) in [6.45, 7) is 3.19. The molecule has 6 heteroatoms. The third-order valence-electron chi connectivity index (χ3n) is 2.76. The van der Waals surface area contributed by atoms with Crippen LogP contribution in [0.3, 0.4) is 0 Å². The van der Waals surface area contributed by atoms with Crippen molar-refractivity contribution in [2.24, 2.45) is 5.92 Å². The van der Waals surface area contributed by atoms with E-state index in [1.165, 1.54) is 0 Å². The highest BCUT2D eigenvalue weighted by Crippen LogP contribution is 2.16. The Bertz CT molecular complexity index is 285. The second-order valence-corrected chi connectivity index (χ2v) is 5.13. The standard InChI is InChI=1S/C11H19NO4S/c1-8(7-17-2)11(15)12-3-4-16-6-9(12)5-10(13)14/h8-9H,3-7H2,1-2H3,(H,13,14). The van der Waals surface area contributed by atoms with Crippen LogP contribution in [0.15, 0.2) is 0 Å². The Kier molecular flexibility index (Phi) is 5.77. The van der Waals surface area contributed by atoms with Crippen LogP contribution in [0.4, 0.5) is 0 Å². The molecular weight excluding hydrogens is 242 g/mol. The second-order valence-electron chi connectivity index (χ2n) is 4.21. The molecule has 1 aliphatic heterocycles. The van der Waals surface area contributed by atoms with Crippen LogP contribution in [-0.2, 0) is 14.3 Å². The van der Waals surface area contributed by atoms with Crippen LogP contribution in [0.5, 0.6) is 0 Å². The van der Waals surface area contributed by atoms with E-state index in [0.717, 1.165) is 5.75 Å². The average Bonchev–Trinajstić information content (AvgIpc) is 2.28. The summed E-state index contributed by atoms with van der Waals surface area (Å²) in [6.07, 6.45) is 1.91. The zero-order valence-corrected chi connectivity index (χ0v) is 11.0. The smallest absolute Gasteiger partial charge is 0.305 e. The van der Waals surface area contributed by atoms with Crippen LogP contribution in [0.2, 0.25) is 0 Å². The topological polar surface area (TPSA) is 66.8 Å². The van der Waals surface area contributed by atoms with Crippen LogP contribution < -0.4 is 0 Å². The van der Waals surface area contributed by atoms with Crippen LogP contribution >= 0.6 is 11.8 Å². The lowest BCUT2D eigenvalue weighted by Gasteiger charge is -2.36. The van der Waals surface area contributed by atoms with E-state index in [2.05, 4.69) is 0 Å². The van der Waals surface area contributed by atoms with Crippen LogP contribution in [0, 0.1) is 5.92 Å². The minimum atomic E-state index is -0.893. The summed E-state index contributed by atoms with van der Waals surface area (Å²) in [4.78, 5) is 24.5. The van der Waals surface area contributed by atoms with Gasteiger partial charge in [-0.15, -0.1) is 0 Å². The summed E-state index contributed by atoms with van der Waals surface area (Å²) >= 11 is 1.62. The molecule has 2 unspecified atom stereocenters. The molecule has 5 nitrogen and oxygen atoms in total. The fourth-order valence-electron chi connectivity index (χ4n) is 1.92. The van der Waals surface area contributed by atoms with Crippen LogP contribution in [0.25, 0.3) is 0 Å². The van der Waals surface area contributed by atoms with Gasteiger partial charge in [0.1, 0.15) is 0 Å². The lowest BCUT2D eigenvalue weighted by molar-refractivity contribution is -0.148. The Morgan fingerprint density at radius 3 is 2.88 bits per heavy atom. The first kappa shape index (κ1) is 14.3. The normalized spacial score (nSPS) is 22.2. The summed E-state index contributed by atoms with van der Waals surface area (Å²) in [5.74, 6) is -0.167. The molecule has 0 aromatic rings. The molecule has 1 aliphatic rings. The molecule has 98 valence electrons. The molecule has 17 heavy (non-hydrogen) atoms. The van der Waals surface area contributed by atoms with Gasteiger partial charge in [0, 0.05) is 18.2 Å². The number of amides is 1. The molecule has 1 amide bonds. The molecule has 0 spiro atoms. The number of hydrogen-bond acceptors (Lipinski definition) is 4. The number of ether oxygens (including phenoxy) is 1. The Labute approximate surface area is 105 Å². The molecule has 0 aromatic heterocycles. The maximum Gasteiger partial charge on any atom is 0.305 e. The minimum absolute atomic E-state index is 0.0360. The first-order valence-electron chi connectivity index (χ1n) is 5.65. The lowest BCUT2D eigenvalue weighted by atomic mass is 10.1. The maximum atomic E-state index is 12.1. The molecule has 0 radical (unpaired) electrons. The molecule has 1 saturated heterocycles. The highest BCUT2D eigenvalue weighted by Gasteiger charge is 2.31. The van der Waals surface area contributed by atoms with Crippen LogP contribution in [0.1, 0.15) is 13.3 Å². The van der Waals surface area contributed by atoms with E-state index in [4.69, 9.17) is 9.84 Å². The molecule has 1 heterocycles. The molecule has 0 saturated carbocycles. The van der Waals surface area contributed by atoms with Crippen molar-refractivity contribution in [1.29, 1.82) is 0 Å². The summed E-state index contributed by atoms with van der Waals surface area (Å²) < 4.78 is 5.24. The quantitative estimate of drug-likeness (QED) is 0.788. The van der Waals surface area contributed by atoms with E-state index in [1.54, 1.807) is 16.7 Å².